The first-order valence-electron chi connectivity index (χ1n) is 4.21. The van der Waals surface area contributed by atoms with Crippen LogP contribution in [0.4, 0.5) is 0 Å². The van der Waals surface area contributed by atoms with Gasteiger partial charge in [0.25, 0.3) is 0 Å². The van der Waals surface area contributed by atoms with Crippen LogP contribution in [0.2, 0.25) is 0 Å². The first-order valence-corrected chi connectivity index (χ1v) is 5.82. The van der Waals surface area contributed by atoms with Crippen molar-refractivity contribution in [3.63, 3.8) is 0 Å². The maximum Gasteiger partial charge on any atom is 0.216 e. The van der Waals surface area contributed by atoms with E-state index in [9.17, 15) is 8.42 Å². The van der Waals surface area contributed by atoms with Gasteiger partial charge in [-0.05, 0) is 6.42 Å². The van der Waals surface area contributed by atoms with E-state index in [1.807, 2.05) is 0 Å². The van der Waals surface area contributed by atoms with Crippen molar-refractivity contribution in [3.05, 3.63) is 0 Å². The molecule has 5 nitrogen and oxygen atoms in total. The number of hydrogen-bond acceptors (Lipinski definition) is 4. The van der Waals surface area contributed by atoms with Crippen LogP contribution in [0, 0.1) is 0 Å². The molecule has 0 radical (unpaired) electrons. The Labute approximate surface area is 78.4 Å². The normalized spacial score (nSPS) is 25.2. The Kier molecular flexibility index (Phi) is 3.66. The summed E-state index contributed by atoms with van der Waals surface area (Å²) in [7, 11) is -1.74. The minimum atomic E-state index is -3.21. The number of aliphatic hydroxyl groups is 1. The minimum Gasteiger partial charge on any atom is -0.392 e. The van der Waals surface area contributed by atoms with Crippen LogP contribution in [-0.2, 0) is 14.8 Å². The van der Waals surface area contributed by atoms with Crippen molar-refractivity contribution in [2.24, 2.45) is 0 Å². The molecule has 0 aromatic heterocycles. The lowest BCUT2D eigenvalue weighted by molar-refractivity contribution is 0.188. The maximum absolute atomic E-state index is 11.5. The number of sulfonamides is 1. The third kappa shape index (κ3) is 2.91. The number of methoxy groups -OCH3 is 1. The van der Waals surface area contributed by atoms with E-state index in [1.165, 1.54) is 11.4 Å². The molecule has 0 bridgehead atoms. The quantitative estimate of drug-likeness (QED) is 0.647. The summed E-state index contributed by atoms with van der Waals surface area (Å²) in [6.45, 7) is 0.855. The highest BCUT2D eigenvalue weighted by atomic mass is 32.2. The highest BCUT2D eigenvalue weighted by Crippen LogP contribution is 2.13. The highest BCUT2D eigenvalue weighted by Gasteiger charge is 2.29. The van der Waals surface area contributed by atoms with Gasteiger partial charge in [0.15, 0.2) is 0 Å². The van der Waals surface area contributed by atoms with E-state index in [0.717, 1.165) is 0 Å². The zero-order chi connectivity index (χ0) is 9.90. The summed E-state index contributed by atoms with van der Waals surface area (Å²) < 4.78 is 29.0. The smallest absolute Gasteiger partial charge is 0.216 e. The molecule has 0 saturated carbocycles. The van der Waals surface area contributed by atoms with Crippen LogP contribution >= 0.6 is 0 Å². The second-order valence-corrected chi connectivity index (χ2v) is 5.20. The first-order chi connectivity index (χ1) is 6.06. The van der Waals surface area contributed by atoms with Gasteiger partial charge in [-0.1, -0.05) is 0 Å². The third-order valence-corrected chi connectivity index (χ3v) is 3.87. The Morgan fingerprint density at radius 1 is 1.62 bits per heavy atom. The largest absolute Gasteiger partial charge is 0.392 e. The number of ether oxygens (including phenoxy) is 1. The lowest BCUT2D eigenvalue weighted by Crippen LogP contribution is -2.33. The molecule has 0 aromatic rings. The van der Waals surface area contributed by atoms with Crippen molar-refractivity contribution in [1.82, 2.24) is 4.31 Å². The second-order valence-electron chi connectivity index (χ2n) is 3.11. The van der Waals surface area contributed by atoms with Crippen molar-refractivity contribution in [3.8, 4) is 0 Å². The van der Waals surface area contributed by atoms with Gasteiger partial charge in [0.05, 0.1) is 18.5 Å². The van der Waals surface area contributed by atoms with Gasteiger partial charge in [0, 0.05) is 20.2 Å². The molecule has 1 atom stereocenters. The predicted molar refractivity (Wildman–Crippen MR) is 47.9 cm³/mol. The summed E-state index contributed by atoms with van der Waals surface area (Å²) in [5, 5.41) is 9.15. The van der Waals surface area contributed by atoms with Crippen LogP contribution in [0.15, 0.2) is 0 Å². The molecule has 1 fully saturated rings. The van der Waals surface area contributed by atoms with Gasteiger partial charge >= 0.3 is 0 Å². The van der Waals surface area contributed by atoms with Crippen LogP contribution in [-0.4, -0.2) is 56.5 Å². The molecule has 1 rings (SSSR count). The van der Waals surface area contributed by atoms with E-state index in [2.05, 4.69) is 0 Å². The van der Waals surface area contributed by atoms with Crippen molar-refractivity contribution >= 4 is 10.0 Å². The molecule has 1 saturated heterocycles. The number of rotatable bonds is 4. The van der Waals surface area contributed by atoms with Crippen LogP contribution < -0.4 is 0 Å². The molecule has 1 unspecified atom stereocenters. The highest BCUT2D eigenvalue weighted by molar-refractivity contribution is 7.89. The van der Waals surface area contributed by atoms with Gasteiger partial charge in [-0.2, -0.15) is 4.31 Å². The number of hydrogen-bond donors (Lipinski definition) is 1. The van der Waals surface area contributed by atoms with Crippen LogP contribution in [0.25, 0.3) is 0 Å². The summed E-state index contributed by atoms with van der Waals surface area (Å²) in [6.07, 6.45) is 0.0315. The van der Waals surface area contributed by atoms with Gasteiger partial charge in [-0.3, -0.25) is 0 Å². The fraction of sp³-hybridized carbons (Fsp3) is 1.00. The van der Waals surface area contributed by atoms with Crippen LogP contribution in [0.5, 0.6) is 0 Å². The molecule has 1 aliphatic heterocycles. The van der Waals surface area contributed by atoms with E-state index < -0.39 is 16.1 Å². The van der Waals surface area contributed by atoms with Gasteiger partial charge in [-0.15, -0.1) is 0 Å². The lowest BCUT2D eigenvalue weighted by Gasteiger charge is -2.14. The average molecular weight is 209 g/mol. The molecule has 0 aromatic carbocycles. The molecule has 78 valence electrons. The van der Waals surface area contributed by atoms with E-state index in [0.29, 0.717) is 13.0 Å². The van der Waals surface area contributed by atoms with Gasteiger partial charge in [0.1, 0.15) is 0 Å². The zero-order valence-electron chi connectivity index (χ0n) is 7.64. The van der Waals surface area contributed by atoms with Crippen molar-refractivity contribution in [2.75, 3.05) is 32.6 Å². The van der Waals surface area contributed by atoms with Crippen LogP contribution in [0.3, 0.4) is 0 Å². The van der Waals surface area contributed by atoms with Crippen molar-refractivity contribution < 1.29 is 18.3 Å². The molecule has 1 N–H and O–H groups in total. The molecule has 6 heteroatoms. The van der Waals surface area contributed by atoms with E-state index in [4.69, 9.17) is 9.84 Å². The summed E-state index contributed by atoms with van der Waals surface area (Å²) in [5.74, 6) is -0.00375. The topological polar surface area (TPSA) is 66.8 Å². The first kappa shape index (κ1) is 10.9. The monoisotopic (exact) mass is 209 g/mol. The third-order valence-electron chi connectivity index (χ3n) is 2.06. The molecular weight excluding hydrogens is 194 g/mol. The number of aliphatic hydroxyl groups excluding tert-OH is 1. The lowest BCUT2D eigenvalue weighted by atomic mass is 10.3. The van der Waals surface area contributed by atoms with E-state index in [1.54, 1.807) is 0 Å². The Bertz CT molecular complexity index is 251. The number of nitrogens with zero attached hydrogens (tertiary/aromatic N) is 1. The van der Waals surface area contributed by atoms with Gasteiger partial charge < -0.3 is 9.84 Å². The summed E-state index contributed by atoms with van der Waals surface area (Å²) in [5.41, 5.74) is 0. The number of β-amino-alcohol motifs (C(OH)–C–C–N with tert-alkyl or cyclic N) is 1. The maximum atomic E-state index is 11.5. The van der Waals surface area contributed by atoms with E-state index >= 15 is 0 Å². The second kappa shape index (κ2) is 4.36. The minimum absolute atomic E-state index is 0.00375. The van der Waals surface area contributed by atoms with E-state index in [-0.39, 0.29) is 18.9 Å². The molecule has 1 heterocycles. The van der Waals surface area contributed by atoms with Gasteiger partial charge in [0.2, 0.25) is 10.0 Å². The Morgan fingerprint density at radius 2 is 2.31 bits per heavy atom. The molecule has 0 spiro atoms. The fourth-order valence-electron chi connectivity index (χ4n) is 1.28. The Hall–Kier alpha value is -0.170. The molecule has 1 aliphatic rings. The Morgan fingerprint density at radius 3 is 2.77 bits per heavy atom. The zero-order valence-corrected chi connectivity index (χ0v) is 8.46. The Balaban J connectivity index is 2.50. The summed E-state index contributed by atoms with van der Waals surface area (Å²) in [6, 6.07) is 0. The van der Waals surface area contributed by atoms with Crippen molar-refractivity contribution in [1.29, 1.82) is 0 Å². The standard InChI is InChI=1S/C7H15NO4S/c1-12-4-5-13(10,11)8-3-2-7(9)6-8/h7,9H,2-6H2,1H3. The molecular formula is C7H15NO4S. The molecule has 13 heavy (non-hydrogen) atoms. The van der Waals surface area contributed by atoms with Crippen molar-refractivity contribution in [2.45, 2.75) is 12.5 Å². The van der Waals surface area contributed by atoms with Gasteiger partial charge in [-0.25, -0.2) is 8.42 Å². The predicted octanol–water partition coefficient (Wildman–Crippen LogP) is -0.971. The van der Waals surface area contributed by atoms with Crippen LogP contribution in [0.1, 0.15) is 6.42 Å². The average Bonchev–Trinajstić information content (AvgIpc) is 2.49. The molecule has 0 amide bonds. The summed E-state index contributed by atoms with van der Waals surface area (Å²) >= 11 is 0. The fourth-order valence-corrected chi connectivity index (χ4v) is 2.70. The SMILES string of the molecule is COCCS(=O)(=O)N1CCC(O)C1. The molecule has 0 aliphatic carbocycles. The summed E-state index contributed by atoms with van der Waals surface area (Å²) in [4.78, 5) is 0.